The third kappa shape index (κ3) is 4.29. The number of ether oxygens (including phenoxy) is 2. The number of allylic oxidation sites excluding steroid dienone is 1. The molecule has 0 aliphatic carbocycles. The third-order valence-electron chi connectivity index (χ3n) is 1.99. The Morgan fingerprint density at radius 2 is 1.89 bits per heavy atom. The van der Waals surface area contributed by atoms with Gasteiger partial charge in [-0.15, -0.1) is 0 Å². The van der Waals surface area contributed by atoms with E-state index in [4.69, 9.17) is 9.84 Å². The second-order valence-electron chi connectivity index (χ2n) is 3.33. The fourth-order valence-electron chi connectivity index (χ4n) is 1.13. The fourth-order valence-corrected chi connectivity index (χ4v) is 1.13. The molecule has 0 aliphatic heterocycles. The Balaban J connectivity index is 2.75. The topological polar surface area (TPSA) is 38.7 Å². The lowest BCUT2D eigenvalue weighted by Crippen LogP contribution is -2.15. The molecule has 0 saturated carbocycles. The Labute approximate surface area is 102 Å². The van der Waals surface area contributed by atoms with E-state index in [0.717, 1.165) is 0 Å². The Kier molecular flexibility index (Phi) is 5.03. The summed E-state index contributed by atoms with van der Waals surface area (Å²) in [6, 6.07) is 6.03. The number of hydrogen-bond donors (Lipinski definition) is 1. The molecule has 0 radical (unpaired) electrons. The standard InChI is InChI=1S/C12H13F3O3/c1-2-17-11(12(13,14)15)8-18-10-5-3-9(7-16)4-6-10/h3-6,8,16H,2,7H2,1H3/b11-8-. The molecule has 0 bridgehead atoms. The van der Waals surface area contributed by atoms with E-state index in [1.165, 1.54) is 19.1 Å². The van der Waals surface area contributed by atoms with E-state index in [-0.39, 0.29) is 19.0 Å². The van der Waals surface area contributed by atoms with Gasteiger partial charge < -0.3 is 14.6 Å². The van der Waals surface area contributed by atoms with Crippen molar-refractivity contribution < 1.29 is 27.8 Å². The second kappa shape index (κ2) is 6.30. The summed E-state index contributed by atoms with van der Waals surface area (Å²) < 4.78 is 46.6. The second-order valence-corrected chi connectivity index (χ2v) is 3.33. The molecule has 0 fully saturated rings. The van der Waals surface area contributed by atoms with Gasteiger partial charge in [0.05, 0.1) is 13.2 Å². The normalized spacial score (nSPS) is 12.4. The van der Waals surface area contributed by atoms with Crippen molar-refractivity contribution in [2.24, 2.45) is 0 Å². The van der Waals surface area contributed by atoms with E-state index in [1.54, 1.807) is 12.1 Å². The minimum absolute atomic E-state index is 0.0991. The van der Waals surface area contributed by atoms with Crippen LogP contribution in [0.2, 0.25) is 0 Å². The number of alkyl halides is 3. The number of aliphatic hydroxyl groups excluding tert-OH is 1. The highest BCUT2D eigenvalue weighted by atomic mass is 19.4. The zero-order valence-electron chi connectivity index (χ0n) is 9.70. The molecular formula is C12H13F3O3. The Morgan fingerprint density at radius 1 is 1.28 bits per heavy atom. The number of rotatable bonds is 5. The molecule has 0 atom stereocenters. The van der Waals surface area contributed by atoms with Crippen molar-refractivity contribution in [3.8, 4) is 5.75 Å². The van der Waals surface area contributed by atoms with Crippen LogP contribution < -0.4 is 4.74 Å². The van der Waals surface area contributed by atoms with E-state index in [2.05, 4.69) is 4.74 Å². The van der Waals surface area contributed by atoms with E-state index >= 15 is 0 Å². The summed E-state index contributed by atoms with van der Waals surface area (Å²) in [4.78, 5) is 0. The van der Waals surface area contributed by atoms with Gasteiger partial charge in [-0.1, -0.05) is 12.1 Å². The Bertz CT molecular complexity index is 396. The van der Waals surface area contributed by atoms with E-state index in [9.17, 15) is 13.2 Å². The molecule has 1 rings (SSSR count). The molecule has 1 aromatic rings. The van der Waals surface area contributed by atoms with Gasteiger partial charge in [0.25, 0.3) is 0 Å². The zero-order valence-corrected chi connectivity index (χ0v) is 9.70. The number of aliphatic hydroxyl groups is 1. The summed E-state index contributed by atoms with van der Waals surface area (Å²) in [5.74, 6) is -0.954. The molecule has 0 amide bonds. The molecule has 0 aromatic heterocycles. The van der Waals surface area contributed by atoms with Crippen LogP contribution in [0, 0.1) is 0 Å². The zero-order chi connectivity index (χ0) is 13.6. The summed E-state index contributed by atoms with van der Waals surface area (Å²) >= 11 is 0. The lowest BCUT2D eigenvalue weighted by molar-refractivity contribution is -0.132. The maximum absolute atomic E-state index is 12.4. The first-order chi connectivity index (χ1) is 8.47. The first-order valence-electron chi connectivity index (χ1n) is 5.24. The summed E-state index contributed by atoms with van der Waals surface area (Å²) in [6.45, 7) is 1.22. The van der Waals surface area contributed by atoms with Crippen molar-refractivity contribution in [1.29, 1.82) is 0 Å². The van der Waals surface area contributed by atoms with Crippen LogP contribution in [0.5, 0.6) is 5.75 Å². The third-order valence-corrected chi connectivity index (χ3v) is 1.99. The Hall–Kier alpha value is -1.69. The van der Waals surface area contributed by atoms with Gasteiger partial charge in [0, 0.05) is 0 Å². The van der Waals surface area contributed by atoms with Crippen molar-refractivity contribution in [2.45, 2.75) is 19.7 Å². The van der Waals surface area contributed by atoms with Crippen LogP contribution in [0.3, 0.4) is 0 Å². The molecule has 0 spiro atoms. The van der Waals surface area contributed by atoms with Gasteiger partial charge in [-0.25, -0.2) is 0 Å². The average Bonchev–Trinajstić information content (AvgIpc) is 2.33. The maximum atomic E-state index is 12.4. The Morgan fingerprint density at radius 3 is 2.33 bits per heavy atom. The lowest BCUT2D eigenvalue weighted by Gasteiger charge is -2.11. The van der Waals surface area contributed by atoms with E-state index in [1.807, 2.05) is 0 Å². The minimum atomic E-state index is -4.58. The van der Waals surface area contributed by atoms with Crippen LogP contribution in [-0.4, -0.2) is 17.9 Å². The minimum Gasteiger partial charge on any atom is -0.487 e. The molecule has 1 N–H and O–H groups in total. The van der Waals surface area contributed by atoms with Crippen LogP contribution in [0.25, 0.3) is 0 Å². The van der Waals surface area contributed by atoms with Gasteiger partial charge in [0.15, 0.2) is 0 Å². The van der Waals surface area contributed by atoms with Crippen LogP contribution >= 0.6 is 0 Å². The summed E-state index contributed by atoms with van der Waals surface area (Å²) in [5, 5.41) is 8.80. The molecule has 18 heavy (non-hydrogen) atoms. The molecule has 1 aromatic carbocycles. The molecular weight excluding hydrogens is 249 g/mol. The number of benzene rings is 1. The molecule has 3 nitrogen and oxygen atoms in total. The number of halogens is 3. The molecule has 6 heteroatoms. The summed E-state index contributed by atoms with van der Waals surface area (Å²) in [7, 11) is 0. The highest BCUT2D eigenvalue weighted by Crippen LogP contribution is 2.26. The number of hydrogen-bond acceptors (Lipinski definition) is 3. The van der Waals surface area contributed by atoms with Crippen molar-refractivity contribution in [3.05, 3.63) is 41.9 Å². The first-order valence-corrected chi connectivity index (χ1v) is 5.24. The van der Waals surface area contributed by atoms with Crippen LogP contribution in [0.4, 0.5) is 13.2 Å². The van der Waals surface area contributed by atoms with Crippen LogP contribution in [0.1, 0.15) is 12.5 Å². The largest absolute Gasteiger partial charge is 0.487 e. The van der Waals surface area contributed by atoms with Gasteiger partial charge in [0.1, 0.15) is 12.0 Å². The smallest absolute Gasteiger partial charge is 0.452 e. The molecule has 100 valence electrons. The SMILES string of the molecule is CCO/C(=C\Oc1ccc(CO)cc1)C(F)(F)F. The molecule has 0 heterocycles. The van der Waals surface area contributed by atoms with Gasteiger partial charge in [0.2, 0.25) is 5.76 Å². The van der Waals surface area contributed by atoms with Crippen molar-refractivity contribution in [3.63, 3.8) is 0 Å². The van der Waals surface area contributed by atoms with Gasteiger partial charge >= 0.3 is 6.18 Å². The predicted molar refractivity (Wildman–Crippen MR) is 58.8 cm³/mol. The van der Waals surface area contributed by atoms with Crippen LogP contribution in [0.15, 0.2) is 36.3 Å². The summed E-state index contributed by atoms with van der Waals surface area (Å²) in [5.41, 5.74) is 0.646. The molecule has 0 unspecified atom stereocenters. The fraction of sp³-hybridized carbons (Fsp3) is 0.333. The van der Waals surface area contributed by atoms with Crippen molar-refractivity contribution in [1.82, 2.24) is 0 Å². The summed E-state index contributed by atoms with van der Waals surface area (Å²) in [6.07, 6.45) is -4.06. The lowest BCUT2D eigenvalue weighted by atomic mass is 10.2. The van der Waals surface area contributed by atoms with Gasteiger partial charge in [-0.05, 0) is 24.6 Å². The van der Waals surface area contributed by atoms with Crippen LogP contribution in [-0.2, 0) is 11.3 Å². The van der Waals surface area contributed by atoms with Crippen molar-refractivity contribution >= 4 is 0 Å². The molecule has 0 saturated heterocycles. The van der Waals surface area contributed by atoms with E-state index in [0.29, 0.717) is 11.8 Å². The quantitative estimate of drug-likeness (QED) is 0.829. The van der Waals surface area contributed by atoms with E-state index < -0.39 is 11.9 Å². The highest BCUT2D eigenvalue weighted by molar-refractivity contribution is 5.27. The highest BCUT2D eigenvalue weighted by Gasteiger charge is 2.36. The van der Waals surface area contributed by atoms with Crippen molar-refractivity contribution in [2.75, 3.05) is 6.61 Å². The monoisotopic (exact) mass is 262 g/mol. The maximum Gasteiger partial charge on any atom is 0.452 e. The first kappa shape index (κ1) is 14.4. The predicted octanol–water partition coefficient (Wildman–Crippen LogP) is 3.00. The van der Waals surface area contributed by atoms with Gasteiger partial charge in [-0.2, -0.15) is 13.2 Å². The van der Waals surface area contributed by atoms with Gasteiger partial charge in [-0.3, -0.25) is 0 Å². The molecule has 0 aliphatic rings. The average molecular weight is 262 g/mol.